The van der Waals surface area contributed by atoms with Crippen LogP contribution in [0.1, 0.15) is 30.1 Å². The Morgan fingerprint density at radius 2 is 2.35 bits per heavy atom. The van der Waals surface area contributed by atoms with E-state index in [1.54, 1.807) is 12.1 Å². The summed E-state index contributed by atoms with van der Waals surface area (Å²) in [6.45, 7) is 2.03. The van der Waals surface area contributed by atoms with E-state index in [-0.39, 0.29) is 11.9 Å². The highest BCUT2D eigenvalue weighted by atomic mass is 127. The molecule has 0 aliphatic heterocycles. The molecule has 2 nitrogen and oxygen atoms in total. The smallest absolute Gasteiger partial charge is 0.252 e. The van der Waals surface area contributed by atoms with Crippen molar-refractivity contribution in [2.75, 3.05) is 0 Å². The average Bonchev–Trinajstić information content (AvgIpc) is 2.31. The second kappa shape index (κ2) is 6.87. The van der Waals surface area contributed by atoms with Crippen LogP contribution in [0.15, 0.2) is 18.2 Å². The van der Waals surface area contributed by atoms with E-state index < -0.39 is 0 Å². The summed E-state index contributed by atoms with van der Waals surface area (Å²) in [6, 6.07) is 4.98. The molecule has 1 aromatic rings. The summed E-state index contributed by atoms with van der Waals surface area (Å²) in [5.74, 6) is 2.38. The molecule has 90 valence electrons. The van der Waals surface area contributed by atoms with Crippen molar-refractivity contribution in [1.82, 2.24) is 5.32 Å². The van der Waals surface area contributed by atoms with Gasteiger partial charge >= 0.3 is 0 Å². The number of rotatable bonds is 4. The van der Waals surface area contributed by atoms with Crippen LogP contribution in [0, 0.1) is 15.9 Å². The highest BCUT2D eigenvalue weighted by Gasteiger charge is 2.11. The van der Waals surface area contributed by atoms with Crippen molar-refractivity contribution < 1.29 is 4.79 Å². The summed E-state index contributed by atoms with van der Waals surface area (Å²) >= 11 is 8.08. The van der Waals surface area contributed by atoms with E-state index in [9.17, 15) is 4.79 Å². The molecule has 1 atom stereocenters. The molecule has 0 heterocycles. The van der Waals surface area contributed by atoms with Crippen molar-refractivity contribution in [3.05, 3.63) is 32.4 Å². The zero-order valence-electron chi connectivity index (χ0n) is 9.47. The van der Waals surface area contributed by atoms with Crippen LogP contribution in [0.25, 0.3) is 0 Å². The van der Waals surface area contributed by atoms with Crippen LogP contribution in [0.3, 0.4) is 0 Å². The maximum absolute atomic E-state index is 11.9. The van der Waals surface area contributed by atoms with Crippen LogP contribution < -0.4 is 5.32 Å². The van der Waals surface area contributed by atoms with Gasteiger partial charge in [0.2, 0.25) is 0 Å². The van der Waals surface area contributed by atoms with Crippen molar-refractivity contribution >= 4 is 40.1 Å². The molecule has 0 saturated carbocycles. The van der Waals surface area contributed by atoms with Gasteiger partial charge in [0, 0.05) is 9.13 Å². The highest BCUT2D eigenvalue weighted by Crippen LogP contribution is 2.19. The average molecular weight is 362 g/mol. The fraction of sp³-hybridized carbons (Fsp3) is 0.308. The van der Waals surface area contributed by atoms with Gasteiger partial charge in [-0.3, -0.25) is 4.79 Å². The van der Waals surface area contributed by atoms with Crippen molar-refractivity contribution in [2.24, 2.45) is 0 Å². The molecule has 17 heavy (non-hydrogen) atoms. The SMILES string of the molecule is C#CC(CCC)NC(=O)c1ccc(I)c(Cl)c1. The van der Waals surface area contributed by atoms with E-state index in [2.05, 4.69) is 33.8 Å². The van der Waals surface area contributed by atoms with Gasteiger partial charge in [-0.25, -0.2) is 0 Å². The molecule has 0 aromatic heterocycles. The fourth-order valence-corrected chi connectivity index (χ4v) is 1.88. The summed E-state index contributed by atoms with van der Waals surface area (Å²) in [4.78, 5) is 11.9. The van der Waals surface area contributed by atoms with Crippen LogP contribution in [0.5, 0.6) is 0 Å². The zero-order valence-corrected chi connectivity index (χ0v) is 12.4. The molecule has 0 aliphatic carbocycles. The lowest BCUT2D eigenvalue weighted by atomic mass is 10.1. The molecule has 1 N–H and O–H groups in total. The Morgan fingerprint density at radius 3 is 2.88 bits per heavy atom. The number of carbonyl (C=O) groups is 1. The van der Waals surface area contributed by atoms with Crippen molar-refractivity contribution in [2.45, 2.75) is 25.8 Å². The van der Waals surface area contributed by atoms with Gasteiger partial charge in [-0.15, -0.1) is 6.42 Å². The standard InChI is InChI=1S/C13H13ClINO/c1-3-5-10(4-2)16-13(17)9-6-7-12(15)11(14)8-9/h2,6-8,10H,3,5H2,1H3,(H,16,17). The van der Waals surface area contributed by atoms with Gasteiger partial charge in [-0.2, -0.15) is 0 Å². The largest absolute Gasteiger partial charge is 0.338 e. The van der Waals surface area contributed by atoms with E-state index in [0.717, 1.165) is 16.4 Å². The van der Waals surface area contributed by atoms with Crippen LogP contribution in [0.4, 0.5) is 0 Å². The Morgan fingerprint density at radius 1 is 1.65 bits per heavy atom. The molecule has 0 saturated heterocycles. The van der Waals surface area contributed by atoms with E-state index in [1.807, 2.05) is 13.0 Å². The van der Waals surface area contributed by atoms with Gasteiger partial charge in [0.05, 0.1) is 11.1 Å². The first-order valence-electron chi connectivity index (χ1n) is 5.30. The number of halogens is 2. The molecular formula is C13H13ClINO. The normalized spacial score (nSPS) is 11.6. The number of amides is 1. The Labute approximate surface area is 120 Å². The van der Waals surface area contributed by atoms with Crippen LogP contribution in [-0.4, -0.2) is 11.9 Å². The number of hydrogen-bond donors (Lipinski definition) is 1. The number of terminal acetylenes is 1. The second-order valence-corrected chi connectivity index (χ2v) is 5.18. The number of benzene rings is 1. The van der Waals surface area contributed by atoms with E-state index in [0.29, 0.717) is 10.6 Å². The Balaban J connectivity index is 2.76. The molecule has 1 unspecified atom stereocenters. The minimum atomic E-state index is -0.217. The predicted molar refractivity (Wildman–Crippen MR) is 79.2 cm³/mol. The molecule has 4 heteroatoms. The van der Waals surface area contributed by atoms with E-state index in [4.69, 9.17) is 18.0 Å². The van der Waals surface area contributed by atoms with Crippen LogP contribution in [-0.2, 0) is 0 Å². The lowest BCUT2D eigenvalue weighted by Crippen LogP contribution is -2.33. The first-order chi connectivity index (χ1) is 8.08. The van der Waals surface area contributed by atoms with Crippen LogP contribution >= 0.6 is 34.2 Å². The lowest BCUT2D eigenvalue weighted by molar-refractivity contribution is 0.0944. The molecule has 0 radical (unpaired) electrons. The van der Waals surface area contributed by atoms with Gasteiger partial charge in [0.1, 0.15) is 0 Å². The molecule has 0 spiro atoms. The minimum absolute atomic E-state index is 0.181. The highest BCUT2D eigenvalue weighted by molar-refractivity contribution is 14.1. The van der Waals surface area contributed by atoms with Gasteiger partial charge < -0.3 is 5.32 Å². The molecule has 0 bridgehead atoms. The van der Waals surface area contributed by atoms with Crippen molar-refractivity contribution in [3.63, 3.8) is 0 Å². The third-order valence-corrected chi connectivity index (χ3v) is 3.84. The molecule has 1 aromatic carbocycles. The topological polar surface area (TPSA) is 29.1 Å². The third kappa shape index (κ3) is 4.21. The predicted octanol–water partition coefficient (Wildman–Crippen LogP) is 3.48. The van der Waals surface area contributed by atoms with Gasteiger partial charge in [-0.05, 0) is 47.2 Å². The summed E-state index contributed by atoms with van der Waals surface area (Å²) in [7, 11) is 0. The maximum atomic E-state index is 11.9. The molecular weight excluding hydrogens is 349 g/mol. The summed E-state index contributed by atoms with van der Waals surface area (Å²) < 4.78 is 0.919. The van der Waals surface area contributed by atoms with Crippen molar-refractivity contribution in [1.29, 1.82) is 0 Å². The van der Waals surface area contributed by atoms with Crippen molar-refractivity contribution in [3.8, 4) is 12.3 Å². The monoisotopic (exact) mass is 361 g/mol. The zero-order chi connectivity index (χ0) is 12.8. The Bertz CT molecular complexity index is 453. The summed E-state index contributed by atoms with van der Waals surface area (Å²) in [5, 5.41) is 3.37. The van der Waals surface area contributed by atoms with E-state index >= 15 is 0 Å². The maximum Gasteiger partial charge on any atom is 0.252 e. The Kier molecular flexibility index (Phi) is 5.79. The first kappa shape index (κ1) is 14.3. The number of carbonyl (C=O) groups excluding carboxylic acids is 1. The first-order valence-corrected chi connectivity index (χ1v) is 6.76. The number of hydrogen-bond acceptors (Lipinski definition) is 1. The lowest BCUT2D eigenvalue weighted by Gasteiger charge is -2.12. The molecule has 0 aliphatic rings. The molecule has 1 amide bonds. The third-order valence-electron chi connectivity index (χ3n) is 2.27. The van der Waals surface area contributed by atoms with E-state index in [1.165, 1.54) is 0 Å². The summed E-state index contributed by atoms with van der Waals surface area (Å²) in [5.41, 5.74) is 0.534. The minimum Gasteiger partial charge on any atom is -0.338 e. The molecule has 0 fully saturated rings. The van der Waals surface area contributed by atoms with Crippen LogP contribution in [0.2, 0.25) is 5.02 Å². The quantitative estimate of drug-likeness (QED) is 0.646. The number of nitrogens with one attached hydrogen (secondary N) is 1. The van der Waals surface area contributed by atoms with Gasteiger partial charge in [-0.1, -0.05) is 30.9 Å². The van der Waals surface area contributed by atoms with Gasteiger partial charge in [0.25, 0.3) is 5.91 Å². The second-order valence-electron chi connectivity index (χ2n) is 3.61. The Hall–Kier alpha value is -0.730. The fourth-order valence-electron chi connectivity index (χ4n) is 1.36. The molecule has 1 rings (SSSR count). The summed E-state index contributed by atoms with van der Waals surface area (Å²) in [6.07, 6.45) is 7.06. The van der Waals surface area contributed by atoms with Gasteiger partial charge in [0.15, 0.2) is 0 Å².